The van der Waals surface area contributed by atoms with E-state index in [1.54, 1.807) is 7.11 Å². The predicted molar refractivity (Wildman–Crippen MR) is 108 cm³/mol. The molecule has 136 valence electrons. The fraction of sp³-hybridized carbons (Fsp3) is 0.364. The van der Waals surface area contributed by atoms with E-state index in [4.69, 9.17) is 16.3 Å². The zero-order valence-corrected chi connectivity index (χ0v) is 16.4. The summed E-state index contributed by atoms with van der Waals surface area (Å²) in [6.45, 7) is 4.28. The van der Waals surface area contributed by atoms with Crippen LogP contribution in [-0.4, -0.2) is 29.7 Å². The van der Waals surface area contributed by atoms with Crippen LogP contribution >= 0.6 is 11.6 Å². The normalized spacial score (nSPS) is 17.5. The van der Waals surface area contributed by atoms with Crippen molar-refractivity contribution >= 4 is 22.5 Å². The van der Waals surface area contributed by atoms with Gasteiger partial charge in [0.15, 0.2) is 0 Å². The van der Waals surface area contributed by atoms with E-state index in [0.717, 1.165) is 36.7 Å². The van der Waals surface area contributed by atoms with Crippen LogP contribution in [0.1, 0.15) is 23.7 Å². The summed E-state index contributed by atoms with van der Waals surface area (Å²) in [7, 11) is 3.91. The lowest BCUT2D eigenvalue weighted by Gasteiger charge is -2.31. The van der Waals surface area contributed by atoms with E-state index in [-0.39, 0.29) is 0 Å². The Morgan fingerprint density at radius 1 is 1.15 bits per heavy atom. The Hall–Kier alpha value is -1.97. The highest BCUT2D eigenvalue weighted by molar-refractivity contribution is 6.31. The number of aromatic nitrogens is 1. The van der Waals surface area contributed by atoms with Crippen LogP contribution in [0.3, 0.4) is 0 Å². The van der Waals surface area contributed by atoms with Gasteiger partial charge in [-0.25, -0.2) is 0 Å². The van der Waals surface area contributed by atoms with Crippen molar-refractivity contribution in [3.63, 3.8) is 0 Å². The van der Waals surface area contributed by atoms with E-state index < -0.39 is 0 Å². The lowest BCUT2D eigenvalue weighted by molar-refractivity contribution is 0.228. The average Bonchev–Trinajstić information content (AvgIpc) is 2.93. The average molecular weight is 369 g/mol. The first kappa shape index (κ1) is 17.4. The molecule has 4 heteroatoms. The maximum atomic E-state index is 6.30. The highest BCUT2D eigenvalue weighted by Crippen LogP contribution is 2.34. The quantitative estimate of drug-likeness (QED) is 0.650. The van der Waals surface area contributed by atoms with Crippen LogP contribution in [0.2, 0.25) is 5.02 Å². The molecule has 0 bridgehead atoms. The van der Waals surface area contributed by atoms with Gasteiger partial charge >= 0.3 is 0 Å². The second kappa shape index (κ2) is 6.98. The SMILES string of the molecule is COc1ccc(CCn2c3c(c4cc(Cl)ccc42)CN(C)C(C)C3)cc1. The van der Waals surface area contributed by atoms with Gasteiger partial charge in [0.05, 0.1) is 7.11 Å². The van der Waals surface area contributed by atoms with Crippen molar-refractivity contribution in [1.82, 2.24) is 9.47 Å². The van der Waals surface area contributed by atoms with Crippen LogP contribution in [0.5, 0.6) is 5.75 Å². The van der Waals surface area contributed by atoms with Crippen molar-refractivity contribution in [2.45, 2.75) is 38.9 Å². The topological polar surface area (TPSA) is 17.4 Å². The van der Waals surface area contributed by atoms with E-state index in [0.29, 0.717) is 6.04 Å². The summed E-state index contributed by atoms with van der Waals surface area (Å²) in [6, 6.07) is 15.3. The first-order valence-corrected chi connectivity index (χ1v) is 9.57. The molecule has 0 N–H and O–H groups in total. The van der Waals surface area contributed by atoms with Gasteiger partial charge in [-0.05, 0) is 61.9 Å². The summed E-state index contributed by atoms with van der Waals surface area (Å²) in [6.07, 6.45) is 2.09. The molecule has 0 fully saturated rings. The van der Waals surface area contributed by atoms with Gasteiger partial charge in [-0.1, -0.05) is 23.7 Å². The monoisotopic (exact) mass is 368 g/mol. The highest BCUT2D eigenvalue weighted by atomic mass is 35.5. The van der Waals surface area contributed by atoms with Crippen molar-refractivity contribution < 1.29 is 4.74 Å². The molecule has 1 aliphatic heterocycles. The summed E-state index contributed by atoms with van der Waals surface area (Å²) < 4.78 is 7.77. The van der Waals surface area contributed by atoms with E-state index in [2.05, 4.69) is 47.7 Å². The number of hydrogen-bond donors (Lipinski definition) is 0. The number of halogens is 1. The summed E-state index contributed by atoms with van der Waals surface area (Å²) >= 11 is 6.30. The number of hydrogen-bond acceptors (Lipinski definition) is 2. The fourth-order valence-corrected chi connectivity index (χ4v) is 4.16. The minimum Gasteiger partial charge on any atom is -0.497 e. The number of rotatable bonds is 4. The smallest absolute Gasteiger partial charge is 0.118 e. The van der Waals surface area contributed by atoms with Crippen molar-refractivity contribution in [2.24, 2.45) is 0 Å². The number of likely N-dealkylation sites (N-methyl/N-ethyl adjacent to an activating group) is 1. The summed E-state index contributed by atoms with van der Waals surface area (Å²) in [5.41, 5.74) is 5.55. The Labute approximate surface area is 160 Å². The molecule has 26 heavy (non-hydrogen) atoms. The van der Waals surface area contributed by atoms with Crippen molar-refractivity contribution in [3.8, 4) is 5.75 Å². The lowest BCUT2D eigenvalue weighted by atomic mass is 10.00. The molecular formula is C22H25ClN2O. The molecular weight excluding hydrogens is 344 g/mol. The Morgan fingerprint density at radius 2 is 1.92 bits per heavy atom. The molecule has 3 aromatic rings. The maximum Gasteiger partial charge on any atom is 0.118 e. The molecule has 3 nitrogen and oxygen atoms in total. The third-order valence-corrected chi connectivity index (χ3v) is 5.92. The number of fused-ring (bicyclic) bond motifs is 3. The van der Waals surface area contributed by atoms with Gasteiger partial charge in [0, 0.05) is 47.2 Å². The second-order valence-corrected chi connectivity index (χ2v) is 7.74. The van der Waals surface area contributed by atoms with Crippen molar-refractivity contribution in [1.29, 1.82) is 0 Å². The van der Waals surface area contributed by atoms with Gasteiger partial charge in [0.2, 0.25) is 0 Å². The van der Waals surface area contributed by atoms with Gasteiger partial charge in [-0.2, -0.15) is 0 Å². The molecule has 2 aromatic carbocycles. The van der Waals surface area contributed by atoms with Crippen LogP contribution in [0.25, 0.3) is 10.9 Å². The van der Waals surface area contributed by atoms with Crippen LogP contribution in [-0.2, 0) is 25.9 Å². The van der Waals surface area contributed by atoms with Crippen molar-refractivity contribution in [2.75, 3.05) is 14.2 Å². The zero-order valence-electron chi connectivity index (χ0n) is 15.6. The molecule has 0 saturated carbocycles. The third-order valence-electron chi connectivity index (χ3n) is 5.68. The number of methoxy groups -OCH3 is 1. The van der Waals surface area contributed by atoms with Gasteiger partial charge in [0.1, 0.15) is 5.75 Å². The fourth-order valence-electron chi connectivity index (χ4n) is 3.99. The molecule has 0 saturated heterocycles. The summed E-state index contributed by atoms with van der Waals surface area (Å²) in [4.78, 5) is 2.43. The Morgan fingerprint density at radius 3 is 2.65 bits per heavy atom. The molecule has 4 rings (SSSR count). The van der Waals surface area contributed by atoms with Gasteiger partial charge in [-0.15, -0.1) is 0 Å². The molecule has 0 radical (unpaired) electrons. The minimum absolute atomic E-state index is 0.557. The van der Waals surface area contributed by atoms with E-state index >= 15 is 0 Å². The zero-order chi connectivity index (χ0) is 18.3. The molecule has 1 unspecified atom stereocenters. The van der Waals surface area contributed by atoms with Crippen LogP contribution < -0.4 is 4.74 Å². The largest absolute Gasteiger partial charge is 0.497 e. The van der Waals surface area contributed by atoms with Crippen molar-refractivity contribution in [3.05, 3.63) is 64.3 Å². The predicted octanol–water partition coefficient (Wildman–Crippen LogP) is 4.92. The van der Waals surface area contributed by atoms with Crippen LogP contribution in [0.4, 0.5) is 0 Å². The summed E-state index contributed by atoms with van der Waals surface area (Å²) in [5, 5.41) is 2.12. The van der Waals surface area contributed by atoms with E-state index in [1.807, 2.05) is 18.2 Å². The molecule has 0 spiro atoms. The molecule has 1 atom stereocenters. The Kier molecular flexibility index (Phi) is 4.68. The van der Waals surface area contributed by atoms with Gasteiger partial charge in [0.25, 0.3) is 0 Å². The van der Waals surface area contributed by atoms with Crippen LogP contribution in [0, 0.1) is 0 Å². The van der Waals surface area contributed by atoms with Crippen LogP contribution in [0.15, 0.2) is 42.5 Å². The van der Waals surface area contributed by atoms with Gasteiger partial charge < -0.3 is 9.30 Å². The standard InChI is InChI=1S/C22H25ClN2O/c1-15-12-22-20(14-24(15)2)19-13-17(23)6-9-21(19)25(22)11-10-16-4-7-18(26-3)8-5-16/h4-9,13,15H,10-12,14H2,1-3H3. The number of aryl methyl sites for hydroxylation is 2. The molecule has 1 aliphatic rings. The first-order chi connectivity index (χ1) is 12.6. The second-order valence-electron chi connectivity index (χ2n) is 7.30. The maximum absolute atomic E-state index is 6.30. The van der Waals surface area contributed by atoms with E-state index in [9.17, 15) is 0 Å². The highest BCUT2D eigenvalue weighted by Gasteiger charge is 2.26. The molecule has 0 amide bonds. The molecule has 2 heterocycles. The Balaban J connectivity index is 1.70. The van der Waals surface area contributed by atoms with Gasteiger partial charge in [-0.3, -0.25) is 4.90 Å². The number of ether oxygens (including phenoxy) is 1. The Bertz CT molecular complexity index is 929. The minimum atomic E-state index is 0.557. The lowest BCUT2D eigenvalue weighted by Crippen LogP contribution is -2.35. The summed E-state index contributed by atoms with van der Waals surface area (Å²) in [5.74, 6) is 0.907. The van der Waals surface area contributed by atoms with E-state index in [1.165, 1.54) is 27.7 Å². The third kappa shape index (κ3) is 3.10. The first-order valence-electron chi connectivity index (χ1n) is 9.19. The number of nitrogens with zero attached hydrogens (tertiary/aromatic N) is 2. The molecule has 0 aliphatic carbocycles. The molecule has 1 aromatic heterocycles. The number of benzene rings is 2.